The molecule has 0 aliphatic heterocycles. The van der Waals surface area contributed by atoms with Crippen LogP contribution in [0.5, 0.6) is 0 Å². The van der Waals surface area contributed by atoms with Crippen molar-refractivity contribution < 1.29 is 14.7 Å². The van der Waals surface area contributed by atoms with Crippen molar-refractivity contribution in [2.24, 2.45) is 5.73 Å². The molecule has 1 aliphatic carbocycles. The third-order valence-corrected chi connectivity index (χ3v) is 2.76. The summed E-state index contributed by atoms with van der Waals surface area (Å²) in [5.41, 5.74) is 4.46. The number of hydrogen-bond donors (Lipinski definition) is 3. The van der Waals surface area contributed by atoms with Crippen molar-refractivity contribution in [3.05, 3.63) is 0 Å². The molecule has 1 unspecified atom stereocenters. The number of nitrogens with two attached hydrogens (primary N) is 1. The van der Waals surface area contributed by atoms with E-state index in [4.69, 9.17) is 10.8 Å². The maximum atomic E-state index is 11.4. The molecule has 0 saturated heterocycles. The van der Waals surface area contributed by atoms with Gasteiger partial charge in [0.25, 0.3) is 0 Å². The van der Waals surface area contributed by atoms with Crippen LogP contribution in [0.3, 0.4) is 0 Å². The summed E-state index contributed by atoms with van der Waals surface area (Å²) in [6.07, 6.45) is 2.37. The second-order valence-electron chi connectivity index (χ2n) is 3.74. The zero-order valence-electron chi connectivity index (χ0n) is 8.25. The van der Waals surface area contributed by atoms with Gasteiger partial charge >= 0.3 is 5.97 Å². The second kappa shape index (κ2) is 3.96. The second-order valence-corrected chi connectivity index (χ2v) is 3.74. The zero-order valence-corrected chi connectivity index (χ0v) is 8.25. The molecule has 0 aromatic carbocycles. The SMILES string of the molecule is CCC(N)C(=O)NC1(C(=O)O)CCC1. The zero-order chi connectivity index (χ0) is 10.8. The van der Waals surface area contributed by atoms with E-state index in [2.05, 4.69) is 5.32 Å². The van der Waals surface area contributed by atoms with Gasteiger partial charge in [-0.15, -0.1) is 0 Å². The van der Waals surface area contributed by atoms with E-state index in [1.807, 2.05) is 0 Å². The van der Waals surface area contributed by atoms with E-state index in [0.717, 1.165) is 6.42 Å². The number of amides is 1. The Morgan fingerprint density at radius 2 is 2.14 bits per heavy atom. The predicted molar refractivity (Wildman–Crippen MR) is 50.6 cm³/mol. The lowest BCUT2D eigenvalue weighted by atomic mass is 9.76. The molecule has 0 radical (unpaired) electrons. The van der Waals surface area contributed by atoms with Gasteiger partial charge in [-0.05, 0) is 25.7 Å². The highest BCUT2D eigenvalue weighted by molar-refractivity contribution is 5.90. The molecule has 1 amide bonds. The van der Waals surface area contributed by atoms with Crippen LogP contribution in [0.4, 0.5) is 0 Å². The molecule has 5 heteroatoms. The Bertz CT molecular complexity index is 248. The fourth-order valence-corrected chi connectivity index (χ4v) is 1.44. The molecular formula is C9H16N2O3. The molecule has 0 heterocycles. The minimum absolute atomic E-state index is 0.366. The summed E-state index contributed by atoms with van der Waals surface area (Å²) in [7, 11) is 0. The first-order valence-electron chi connectivity index (χ1n) is 4.83. The predicted octanol–water partition coefficient (Wildman–Crippen LogP) is -0.153. The molecular weight excluding hydrogens is 184 g/mol. The molecule has 0 aromatic heterocycles. The van der Waals surface area contributed by atoms with Gasteiger partial charge in [0.2, 0.25) is 5.91 Å². The molecule has 0 aromatic rings. The fraction of sp³-hybridized carbons (Fsp3) is 0.778. The number of carboxylic acids is 1. The maximum Gasteiger partial charge on any atom is 0.329 e. The van der Waals surface area contributed by atoms with E-state index in [1.165, 1.54) is 0 Å². The van der Waals surface area contributed by atoms with Crippen LogP contribution in [0.15, 0.2) is 0 Å². The van der Waals surface area contributed by atoms with E-state index in [1.54, 1.807) is 6.92 Å². The Hall–Kier alpha value is -1.10. The van der Waals surface area contributed by atoms with E-state index in [0.29, 0.717) is 19.3 Å². The van der Waals surface area contributed by atoms with Gasteiger partial charge in [0.1, 0.15) is 5.54 Å². The van der Waals surface area contributed by atoms with Crippen LogP contribution >= 0.6 is 0 Å². The average molecular weight is 200 g/mol. The highest BCUT2D eigenvalue weighted by Crippen LogP contribution is 2.32. The number of carbonyl (C=O) groups excluding carboxylic acids is 1. The Morgan fingerprint density at radius 1 is 1.57 bits per heavy atom. The first kappa shape index (κ1) is 11.0. The lowest BCUT2D eigenvalue weighted by Crippen LogP contribution is -2.61. The van der Waals surface area contributed by atoms with Crippen molar-refractivity contribution in [3.8, 4) is 0 Å². The van der Waals surface area contributed by atoms with Crippen LogP contribution < -0.4 is 11.1 Å². The molecule has 1 aliphatic rings. The van der Waals surface area contributed by atoms with Crippen LogP contribution in [0.1, 0.15) is 32.6 Å². The summed E-state index contributed by atoms with van der Waals surface area (Å²) in [6.45, 7) is 1.79. The van der Waals surface area contributed by atoms with Gasteiger partial charge in [0.15, 0.2) is 0 Å². The van der Waals surface area contributed by atoms with Crippen molar-refractivity contribution in [1.29, 1.82) is 0 Å². The van der Waals surface area contributed by atoms with Crippen LogP contribution in [0.2, 0.25) is 0 Å². The van der Waals surface area contributed by atoms with Gasteiger partial charge in [-0.3, -0.25) is 4.79 Å². The number of carbonyl (C=O) groups is 2. The molecule has 1 saturated carbocycles. The van der Waals surface area contributed by atoms with E-state index in [-0.39, 0.29) is 5.91 Å². The van der Waals surface area contributed by atoms with E-state index in [9.17, 15) is 9.59 Å². The van der Waals surface area contributed by atoms with Crippen molar-refractivity contribution in [1.82, 2.24) is 5.32 Å². The Balaban J connectivity index is 2.57. The Morgan fingerprint density at radius 3 is 2.43 bits per heavy atom. The Labute approximate surface area is 82.7 Å². The van der Waals surface area contributed by atoms with Gasteiger partial charge in [0.05, 0.1) is 6.04 Å². The standard InChI is InChI=1S/C9H16N2O3/c1-2-6(10)7(12)11-9(8(13)14)4-3-5-9/h6H,2-5,10H2,1H3,(H,11,12)(H,13,14). The Kier molecular flexibility index (Phi) is 3.10. The monoisotopic (exact) mass is 200 g/mol. The van der Waals surface area contributed by atoms with Crippen molar-refractivity contribution in [2.75, 3.05) is 0 Å². The first-order chi connectivity index (χ1) is 6.52. The molecule has 0 spiro atoms. The number of aliphatic carboxylic acids is 1. The lowest BCUT2D eigenvalue weighted by Gasteiger charge is -2.38. The summed E-state index contributed by atoms with van der Waals surface area (Å²) in [5, 5.41) is 11.4. The minimum Gasteiger partial charge on any atom is -0.480 e. The summed E-state index contributed by atoms with van der Waals surface area (Å²) in [4.78, 5) is 22.3. The molecule has 1 fully saturated rings. The van der Waals surface area contributed by atoms with Crippen LogP contribution in [0, 0.1) is 0 Å². The van der Waals surface area contributed by atoms with Crippen molar-refractivity contribution >= 4 is 11.9 Å². The molecule has 5 nitrogen and oxygen atoms in total. The average Bonchev–Trinajstić information content (AvgIpc) is 2.08. The molecule has 4 N–H and O–H groups in total. The van der Waals surface area contributed by atoms with Crippen LogP contribution in [-0.2, 0) is 9.59 Å². The van der Waals surface area contributed by atoms with Crippen molar-refractivity contribution in [2.45, 2.75) is 44.2 Å². The fourth-order valence-electron chi connectivity index (χ4n) is 1.44. The summed E-state index contributed by atoms with van der Waals surface area (Å²) >= 11 is 0. The molecule has 80 valence electrons. The molecule has 14 heavy (non-hydrogen) atoms. The number of carboxylic acid groups (broad SMARTS) is 1. The molecule has 1 atom stereocenters. The first-order valence-corrected chi connectivity index (χ1v) is 4.83. The summed E-state index contributed by atoms with van der Waals surface area (Å²) in [5.74, 6) is -1.32. The van der Waals surface area contributed by atoms with Gasteiger partial charge in [-0.25, -0.2) is 4.79 Å². The molecule has 0 bridgehead atoms. The third kappa shape index (κ3) is 1.87. The van der Waals surface area contributed by atoms with Gasteiger partial charge in [-0.2, -0.15) is 0 Å². The van der Waals surface area contributed by atoms with Gasteiger partial charge in [-0.1, -0.05) is 6.92 Å². The highest BCUT2D eigenvalue weighted by Gasteiger charge is 2.46. The van der Waals surface area contributed by atoms with Crippen LogP contribution in [-0.4, -0.2) is 28.6 Å². The van der Waals surface area contributed by atoms with Gasteiger partial charge in [0, 0.05) is 0 Å². The normalized spacial score (nSPS) is 20.7. The largest absolute Gasteiger partial charge is 0.480 e. The molecule has 1 rings (SSSR count). The highest BCUT2D eigenvalue weighted by atomic mass is 16.4. The number of hydrogen-bond acceptors (Lipinski definition) is 3. The smallest absolute Gasteiger partial charge is 0.329 e. The number of rotatable bonds is 4. The van der Waals surface area contributed by atoms with Crippen molar-refractivity contribution in [3.63, 3.8) is 0 Å². The number of nitrogens with one attached hydrogen (secondary N) is 1. The quantitative estimate of drug-likeness (QED) is 0.588. The third-order valence-electron chi connectivity index (χ3n) is 2.76. The van der Waals surface area contributed by atoms with Gasteiger partial charge < -0.3 is 16.2 Å². The van der Waals surface area contributed by atoms with E-state index >= 15 is 0 Å². The van der Waals surface area contributed by atoms with Crippen LogP contribution in [0.25, 0.3) is 0 Å². The minimum atomic E-state index is -1.04. The maximum absolute atomic E-state index is 11.4. The summed E-state index contributed by atoms with van der Waals surface area (Å²) < 4.78 is 0. The summed E-state index contributed by atoms with van der Waals surface area (Å²) in [6, 6.07) is -0.605. The lowest BCUT2D eigenvalue weighted by molar-refractivity contribution is -0.152. The topological polar surface area (TPSA) is 92.4 Å². The van der Waals surface area contributed by atoms with E-state index < -0.39 is 17.6 Å².